The van der Waals surface area contributed by atoms with Crippen molar-refractivity contribution in [3.05, 3.63) is 71.8 Å². The second kappa shape index (κ2) is 8.70. The van der Waals surface area contributed by atoms with Gasteiger partial charge < -0.3 is 14.8 Å². The van der Waals surface area contributed by atoms with Crippen LogP contribution in [0.5, 0.6) is 11.5 Å². The highest BCUT2D eigenvalue weighted by Crippen LogP contribution is 2.51. The molecule has 0 saturated heterocycles. The van der Waals surface area contributed by atoms with Crippen molar-refractivity contribution in [1.29, 1.82) is 0 Å². The minimum atomic E-state index is -3.51. The zero-order valence-corrected chi connectivity index (χ0v) is 20.7. The fourth-order valence-corrected chi connectivity index (χ4v) is 5.27. The molecule has 0 atom stereocenters. The van der Waals surface area contributed by atoms with Gasteiger partial charge in [-0.25, -0.2) is 13.1 Å². The van der Waals surface area contributed by atoms with Crippen LogP contribution in [0.1, 0.15) is 46.6 Å². The number of carbonyl (C=O) groups is 1. The van der Waals surface area contributed by atoms with E-state index in [2.05, 4.69) is 23.9 Å². The fraction of sp³-hybridized carbons (Fsp3) is 0.296. The lowest BCUT2D eigenvalue weighted by Crippen LogP contribution is -2.27. The number of fused-ring (bicyclic) bond motifs is 1. The minimum Gasteiger partial charge on any atom is -0.454 e. The number of rotatable bonds is 7. The predicted molar refractivity (Wildman–Crippen MR) is 139 cm³/mol. The van der Waals surface area contributed by atoms with E-state index in [9.17, 15) is 13.2 Å². The van der Waals surface area contributed by atoms with Crippen molar-refractivity contribution in [2.75, 3.05) is 19.2 Å². The number of sulfonamides is 1. The van der Waals surface area contributed by atoms with Crippen LogP contribution in [0.15, 0.2) is 65.6 Å². The highest BCUT2D eigenvalue weighted by Gasteiger charge is 2.51. The summed E-state index contributed by atoms with van der Waals surface area (Å²) in [5.74, 6) is 1.58. The van der Waals surface area contributed by atoms with Crippen molar-refractivity contribution >= 4 is 21.6 Å². The number of ether oxygens (including phenoxy) is 2. The van der Waals surface area contributed by atoms with Gasteiger partial charge in [0.2, 0.25) is 22.7 Å². The summed E-state index contributed by atoms with van der Waals surface area (Å²) in [4.78, 5) is 13.6. The second-order valence-corrected chi connectivity index (χ2v) is 11.2. The molecule has 186 valence electrons. The Morgan fingerprint density at radius 1 is 0.971 bits per heavy atom. The van der Waals surface area contributed by atoms with Gasteiger partial charge in [0.1, 0.15) is 0 Å². The SMILES string of the molecule is CNS(=O)(=O)c1ccc(-c2cc(NC(=O)C3(c4ccc5c(c4)OCO5)CC3)ccc2C(C)C)cc1.[HH].[HH]. The van der Waals surface area contributed by atoms with E-state index in [1.165, 1.54) is 7.05 Å². The maximum absolute atomic E-state index is 13.4. The molecule has 1 amide bonds. The number of hydrogen-bond acceptors (Lipinski definition) is 5. The van der Waals surface area contributed by atoms with E-state index >= 15 is 0 Å². The third kappa shape index (κ3) is 4.28. The van der Waals surface area contributed by atoms with Gasteiger partial charge in [-0.05, 0) is 84.5 Å². The first kappa shape index (κ1) is 23.4. The van der Waals surface area contributed by atoms with E-state index in [0.717, 1.165) is 35.1 Å². The van der Waals surface area contributed by atoms with E-state index in [1.807, 2.05) is 36.4 Å². The van der Waals surface area contributed by atoms with Crippen LogP contribution in [0.4, 0.5) is 5.69 Å². The Morgan fingerprint density at radius 2 is 1.69 bits per heavy atom. The molecule has 1 saturated carbocycles. The third-order valence-corrected chi connectivity index (χ3v) is 8.22. The summed E-state index contributed by atoms with van der Waals surface area (Å²) in [6.07, 6.45) is 1.55. The van der Waals surface area contributed by atoms with Crippen LogP contribution < -0.4 is 19.5 Å². The molecule has 35 heavy (non-hydrogen) atoms. The van der Waals surface area contributed by atoms with E-state index in [0.29, 0.717) is 17.2 Å². The first-order chi connectivity index (χ1) is 16.7. The smallest absolute Gasteiger partial charge is 0.240 e. The monoisotopic (exact) mass is 496 g/mol. The van der Waals surface area contributed by atoms with E-state index < -0.39 is 15.4 Å². The van der Waals surface area contributed by atoms with Crippen LogP contribution in [0.3, 0.4) is 0 Å². The van der Waals surface area contributed by atoms with Crippen LogP contribution in [-0.4, -0.2) is 28.2 Å². The normalized spacial score (nSPS) is 15.8. The molecule has 2 N–H and O–H groups in total. The number of amides is 1. The Bertz CT molecular complexity index is 1400. The highest BCUT2D eigenvalue weighted by atomic mass is 32.2. The Hall–Kier alpha value is -3.36. The predicted octanol–water partition coefficient (Wildman–Crippen LogP) is 5.28. The first-order valence-corrected chi connectivity index (χ1v) is 13.1. The Morgan fingerprint density at radius 3 is 2.34 bits per heavy atom. The topological polar surface area (TPSA) is 93.7 Å². The van der Waals surface area contributed by atoms with Crippen LogP contribution in [-0.2, 0) is 20.2 Å². The summed E-state index contributed by atoms with van der Waals surface area (Å²) in [6.45, 7) is 4.41. The molecule has 8 heteroatoms. The zero-order valence-electron chi connectivity index (χ0n) is 19.9. The number of benzene rings is 3. The maximum atomic E-state index is 13.4. The number of nitrogens with one attached hydrogen (secondary N) is 2. The Kier molecular flexibility index (Phi) is 5.81. The average molecular weight is 497 g/mol. The molecule has 0 spiro atoms. The second-order valence-electron chi connectivity index (χ2n) is 9.29. The van der Waals surface area contributed by atoms with E-state index in [4.69, 9.17) is 9.47 Å². The summed E-state index contributed by atoms with van der Waals surface area (Å²) >= 11 is 0. The van der Waals surface area contributed by atoms with Gasteiger partial charge in [-0.2, -0.15) is 0 Å². The van der Waals surface area contributed by atoms with E-state index in [1.54, 1.807) is 24.3 Å². The lowest BCUT2D eigenvalue weighted by Gasteiger charge is -2.19. The molecule has 0 radical (unpaired) electrons. The van der Waals surface area contributed by atoms with Crippen molar-refractivity contribution in [2.45, 2.75) is 42.9 Å². The van der Waals surface area contributed by atoms with Gasteiger partial charge in [-0.15, -0.1) is 0 Å². The lowest BCUT2D eigenvalue weighted by atomic mass is 9.91. The summed E-state index contributed by atoms with van der Waals surface area (Å²) in [7, 11) is -2.12. The molecule has 1 heterocycles. The molecular formula is C27H32N2O5S. The van der Waals surface area contributed by atoms with Crippen LogP contribution in [0, 0.1) is 0 Å². The van der Waals surface area contributed by atoms with E-state index in [-0.39, 0.29) is 26.4 Å². The molecule has 1 aliphatic carbocycles. The third-order valence-electron chi connectivity index (χ3n) is 6.79. The van der Waals surface area contributed by atoms with Crippen molar-refractivity contribution < 1.29 is 25.5 Å². The minimum absolute atomic E-state index is 0. The van der Waals surface area contributed by atoms with Crippen molar-refractivity contribution in [1.82, 2.24) is 4.72 Å². The van der Waals surface area contributed by atoms with Crippen LogP contribution >= 0.6 is 0 Å². The number of anilines is 1. The van der Waals surface area contributed by atoms with Crippen molar-refractivity contribution in [2.24, 2.45) is 0 Å². The molecule has 3 aromatic carbocycles. The molecule has 0 aromatic heterocycles. The van der Waals surface area contributed by atoms with Crippen LogP contribution in [0.25, 0.3) is 11.1 Å². The largest absolute Gasteiger partial charge is 0.454 e. The maximum Gasteiger partial charge on any atom is 0.240 e. The van der Waals surface area contributed by atoms with Gasteiger partial charge in [0.15, 0.2) is 11.5 Å². The van der Waals surface area contributed by atoms with Gasteiger partial charge in [-0.1, -0.05) is 38.1 Å². The molecule has 0 unspecified atom stereocenters. The standard InChI is InChI=1S/C27H28N2O5S.2H2/c1-17(2)22-10-7-20(15-23(22)18-4-8-21(9-5-18)35(31,32)28-3)29-26(30)27(12-13-27)19-6-11-24-25(14-19)34-16-33-24;;/h4-11,14-15,17,28H,12-13,16H2,1-3H3,(H,29,30);2*1H. The van der Waals surface area contributed by atoms with Crippen LogP contribution in [0.2, 0.25) is 0 Å². The van der Waals surface area contributed by atoms with Crippen molar-refractivity contribution in [3.63, 3.8) is 0 Å². The number of hydrogen-bond donors (Lipinski definition) is 2. The Balaban J connectivity index is 0.00000190. The molecule has 1 aliphatic heterocycles. The van der Waals surface area contributed by atoms with Gasteiger partial charge >= 0.3 is 0 Å². The Labute approximate surface area is 208 Å². The molecule has 0 bridgehead atoms. The summed E-state index contributed by atoms with van der Waals surface area (Å²) < 4.78 is 37.4. The highest BCUT2D eigenvalue weighted by molar-refractivity contribution is 7.89. The molecule has 5 rings (SSSR count). The molecule has 1 fully saturated rings. The number of carbonyl (C=O) groups excluding carboxylic acids is 1. The van der Waals surface area contributed by atoms with Gasteiger partial charge in [0.25, 0.3) is 0 Å². The van der Waals surface area contributed by atoms with Gasteiger partial charge in [-0.3, -0.25) is 4.79 Å². The summed E-state index contributed by atoms with van der Waals surface area (Å²) in [6, 6.07) is 18.4. The molecule has 3 aromatic rings. The summed E-state index contributed by atoms with van der Waals surface area (Å²) in [5.41, 5.74) is 4.02. The molecule has 7 nitrogen and oxygen atoms in total. The zero-order chi connectivity index (χ0) is 24.8. The van der Waals surface area contributed by atoms with Gasteiger partial charge in [0.05, 0.1) is 10.3 Å². The molecular weight excluding hydrogens is 464 g/mol. The van der Waals surface area contributed by atoms with Crippen molar-refractivity contribution in [3.8, 4) is 22.6 Å². The lowest BCUT2D eigenvalue weighted by molar-refractivity contribution is -0.118. The first-order valence-electron chi connectivity index (χ1n) is 11.6. The average Bonchev–Trinajstić information content (AvgIpc) is 3.54. The van der Waals surface area contributed by atoms with Gasteiger partial charge in [0, 0.05) is 8.54 Å². The quantitative estimate of drug-likeness (QED) is 0.464. The fourth-order valence-electron chi connectivity index (χ4n) is 4.54. The summed E-state index contributed by atoms with van der Waals surface area (Å²) in [5, 5.41) is 3.12. The molecule has 2 aliphatic rings.